The van der Waals surface area contributed by atoms with Gasteiger partial charge in [0, 0.05) is 19.1 Å². The zero-order valence-electron chi connectivity index (χ0n) is 13.8. The average Bonchev–Trinajstić information content (AvgIpc) is 3.05. The van der Waals surface area contributed by atoms with E-state index in [2.05, 4.69) is 10.6 Å². The Kier molecular flexibility index (Phi) is 6.20. The Morgan fingerprint density at radius 2 is 1.62 bits per heavy atom. The number of anilines is 2. The van der Waals surface area contributed by atoms with Crippen molar-refractivity contribution >= 4 is 34.5 Å². The highest BCUT2D eigenvalue weighted by Crippen LogP contribution is 2.37. The third-order valence-electron chi connectivity index (χ3n) is 2.99. The number of nitrogens with one attached hydrogen (secondary N) is 2. The molecule has 1 aromatic carbocycles. The summed E-state index contributed by atoms with van der Waals surface area (Å²) in [5, 5.41) is 7.38. The van der Waals surface area contributed by atoms with E-state index in [0.29, 0.717) is 41.0 Å². The van der Waals surface area contributed by atoms with E-state index in [1.807, 2.05) is 25.3 Å². The minimum absolute atomic E-state index is 0.214. The molecule has 2 aromatic rings. The van der Waals surface area contributed by atoms with Crippen LogP contribution in [-0.4, -0.2) is 25.0 Å². The highest BCUT2D eigenvalue weighted by atomic mass is 32.1. The van der Waals surface area contributed by atoms with Crippen molar-refractivity contribution in [3.8, 4) is 11.5 Å². The van der Waals surface area contributed by atoms with Crippen LogP contribution in [0, 0.1) is 0 Å². The molecule has 0 radical (unpaired) electrons. The Morgan fingerprint density at radius 1 is 1.04 bits per heavy atom. The number of amides is 2. The standard InChI is InChI=1S/C17H20N2O4S/c1-4-22-14-10-13(19-17(21)16-7-6-8-24-16)15(23-5-2)9-12(14)18-11(3)20/h6-10H,4-5H2,1-3H3,(H,18,20)(H,19,21). The summed E-state index contributed by atoms with van der Waals surface area (Å²) in [4.78, 5) is 24.3. The maximum Gasteiger partial charge on any atom is 0.265 e. The number of carbonyl (C=O) groups is 2. The molecule has 0 aliphatic heterocycles. The Hall–Kier alpha value is -2.54. The molecule has 0 aliphatic carbocycles. The largest absolute Gasteiger partial charge is 0.492 e. The van der Waals surface area contributed by atoms with Gasteiger partial charge in [-0.05, 0) is 25.3 Å². The third kappa shape index (κ3) is 4.48. The van der Waals surface area contributed by atoms with Crippen LogP contribution in [0.2, 0.25) is 0 Å². The molecule has 2 amide bonds. The molecule has 0 atom stereocenters. The molecule has 0 bridgehead atoms. The number of hydrogen-bond acceptors (Lipinski definition) is 5. The average molecular weight is 348 g/mol. The van der Waals surface area contributed by atoms with Gasteiger partial charge in [0.25, 0.3) is 5.91 Å². The van der Waals surface area contributed by atoms with Gasteiger partial charge in [-0.15, -0.1) is 11.3 Å². The first-order chi connectivity index (χ1) is 11.5. The van der Waals surface area contributed by atoms with Gasteiger partial charge < -0.3 is 20.1 Å². The number of rotatable bonds is 7. The van der Waals surface area contributed by atoms with Crippen LogP contribution in [0.25, 0.3) is 0 Å². The van der Waals surface area contributed by atoms with Crippen LogP contribution in [0.3, 0.4) is 0 Å². The summed E-state index contributed by atoms with van der Waals surface area (Å²) < 4.78 is 11.2. The van der Waals surface area contributed by atoms with Gasteiger partial charge in [-0.25, -0.2) is 0 Å². The summed E-state index contributed by atoms with van der Waals surface area (Å²) in [5.74, 6) is 0.502. The van der Waals surface area contributed by atoms with E-state index in [1.165, 1.54) is 18.3 Å². The van der Waals surface area contributed by atoms with E-state index in [4.69, 9.17) is 9.47 Å². The van der Waals surface area contributed by atoms with Gasteiger partial charge in [-0.1, -0.05) is 6.07 Å². The van der Waals surface area contributed by atoms with Gasteiger partial charge in [-0.3, -0.25) is 9.59 Å². The molecule has 24 heavy (non-hydrogen) atoms. The van der Waals surface area contributed by atoms with Crippen LogP contribution in [0.15, 0.2) is 29.6 Å². The molecule has 0 spiro atoms. The molecule has 2 rings (SSSR count). The molecule has 0 saturated carbocycles. The normalized spacial score (nSPS) is 10.1. The predicted molar refractivity (Wildman–Crippen MR) is 95.4 cm³/mol. The van der Waals surface area contributed by atoms with Crippen LogP contribution < -0.4 is 20.1 Å². The molecule has 1 aromatic heterocycles. The Morgan fingerprint density at radius 3 is 2.08 bits per heavy atom. The summed E-state index contributed by atoms with van der Waals surface area (Å²) in [6, 6.07) is 6.87. The van der Waals surface area contributed by atoms with E-state index in [1.54, 1.807) is 18.2 Å². The molecule has 128 valence electrons. The van der Waals surface area contributed by atoms with Crippen LogP contribution in [-0.2, 0) is 4.79 Å². The van der Waals surface area contributed by atoms with Gasteiger partial charge in [0.15, 0.2) is 0 Å². The minimum Gasteiger partial charge on any atom is -0.492 e. The first-order valence-electron chi connectivity index (χ1n) is 7.61. The lowest BCUT2D eigenvalue weighted by atomic mass is 10.2. The zero-order valence-corrected chi connectivity index (χ0v) is 14.7. The lowest BCUT2D eigenvalue weighted by Gasteiger charge is -2.17. The van der Waals surface area contributed by atoms with Gasteiger partial charge in [0.2, 0.25) is 5.91 Å². The van der Waals surface area contributed by atoms with E-state index in [9.17, 15) is 9.59 Å². The molecule has 0 unspecified atom stereocenters. The first kappa shape index (κ1) is 17.8. The Balaban J connectivity index is 2.38. The number of benzene rings is 1. The molecule has 0 aliphatic rings. The van der Waals surface area contributed by atoms with Crippen molar-refractivity contribution in [1.29, 1.82) is 0 Å². The minimum atomic E-state index is -0.222. The van der Waals surface area contributed by atoms with Gasteiger partial charge in [0.1, 0.15) is 11.5 Å². The second-order valence-corrected chi connectivity index (χ2v) is 5.77. The van der Waals surface area contributed by atoms with Gasteiger partial charge >= 0.3 is 0 Å². The lowest BCUT2D eigenvalue weighted by Crippen LogP contribution is -2.13. The van der Waals surface area contributed by atoms with Gasteiger partial charge in [0.05, 0.1) is 29.5 Å². The SMILES string of the molecule is CCOc1cc(NC(=O)c2cccs2)c(OCC)cc1NC(C)=O. The van der Waals surface area contributed by atoms with Gasteiger partial charge in [-0.2, -0.15) is 0 Å². The smallest absolute Gasteiger partial charge is 0.265 e. The summed E-state index contributed by atoms with van der Waals surface area (Å²) in [6.07, 6.45) is 0. The number of hydrogen-bond donors (Lipinski definition) is 2. The van der Waals surface area contributed by atoms with Crippen molar-refractivity contribution in [3.05, 3.63) is 34.5 Å². The van der Waals surface area contributed by atoms with E-state index >= 15 is 0 Å². The fourth-order valence-corrected chi connectivity index (χ4v) is 2.71. The van der Waals surface area contributed by atoms with Crippen molar-refractivity contribution < 1.29 is 19.1 Å². The van der Waals surface area contributed by atoms with Crippen LogP contribution in [0.5, 0.6) is 11.5 Å². The van der Waals surface area contributed by atoms with E-state index in [-0.39, 0.29) is 11.8 Å². The van der Waals surface area contributed by atoms with Crippen molar-refractivity contribution in [3.63, 3.8) is 0 Å². The van der Waals surface area contributed by atoms with Crippen molar-refractivity contribution in [2.45, 2.75) is 20.8 Å². The Labute approximate surface area is 144 Å². The quantitative estimate of drug-likeness (QED) is 0.799. The molecule has 0 fully saturated rings. The highest BCUT2D eigenvalue weighted by molar-refractivity contribution is 7.12. The Bertz CT molecular complexity index is 714. The monoisotopic (exact) mass is 348 g/mol. The maximum atomic E-state index is 12.3. The van der Waals surface area contributed by atoms with Crippen molar-refractivity contribution in [1.82, 2.24) is 0 Å². The van der Waals surface area contributed by atoms with E-state index in [0.717, 1.165) is 0 Å². The fourth-order valence-electron chi connectivity index (χ4n) is 2.09. The van der Waals surface area contributed by atoms with Crippen LogP contribution >= 0.6 is 11.3 Å². The molecule has 6 nitrogen and oxygen atoms in total. The third-order valence-corrected chi connectivity index (χ3v) is 3.85. The number of thiophene rings is 1. The van der Waals surface area contributed by atoms with Crippen LogP contribution in [0.4, 0.5) is 11.4 Å². The topological polar surface area (TPSA) is 76.7 Å². The zero-order chi connectivity index (χ0) is 17.5. The molecular weight excluding hydrogens is 328 g/mol. The summed E-state index contributed by atoms with van der Waals surface area (Å²) in [5.41, 5.74) is 0.995. The van der Waals surface area contributed by atoms with Crippen LogP contribution in [0.1, 0.15) is 30.4 Å². The fraction of sp³-hybridized carbons (Fsp3) is 0.294. The molecular formula is C17H20N2O4S. The molecule has 7 heteroatoms. The second-order valence-electron chi connectivity index (χ2n) is 4.82. The lowest BCUT2D eigenvalue weighted by molar-refractivity contribution is -0.114. The van der Waals surface area contributed by atoms with E-state index < -0.39 is 0 Å². The predicted octanol–water partition coefficient (Wildman–Crippen LogP) is 3.76. The maximum absolute atomic E-state index is 12.3. The first-order valence-corrected chi connectivity index (χ1v) is 8.49. The second kappa shape index (κ2) is 8.35. The molecule has 1 heterocycles. The van der Waals surface area contributed by atoms with Crippen molar-refractivity contribution in [2.75, 3.05) is 23.8 Å². The summed E-state index contributed by atoms with van der Waals surface area (Å²) in [7, 11) is 0. The summed E-state index contributed by atoms with van der Waals surface area (Å²) in [6.45, 7) is 5.97. The summed E-state index contributed by atoms with van der Waals surface area (Å²) >= 11 is 1.35. The highest BCUT2D eigenvalue weighted by Gasteiger charge is 2.16. The van der Waals surface area contributed by atoms with Crippen molar-refractivity contribution in [2.24, 2.45) is 0 Å². The number of ether oxygens (including phenoxy) is 2. The number of carbonyl (C=O) groups excluding carboxylic acids is 2. The molecule has 0 saturated heterocycles. The molecule has 2 N–H and O–H groups in total.